The molecule has 102 valence electrons. The molecule has 1 unspecified atom stereocenters. The van der Waals surface area contributed by atoms with Crippen molar-refractivity contribution in [2.45, 2.75) is 38.9 Å². The molecule has 1 atom stereocenters. The quantitative estimate of drug-likeness (QED) is 0.831. The summed E-state index contributed by atoms with van der Waals surface area (Å²) < 4.78 is 38.2. The minimum Gasteiger partial charge on any atom is -0.398 e. The molecule has 0 aliphatic heterocycles. The molecule has 0 radical (unpaired) electrons. The monoisotopic (exact) mass is 260 g/mol. The maximum atomic E-state index is 12.7. The second kappa shape index (κ2) is 5.50. The van der Waals surface area contributed by atoms with Crippen LogP contribution in [0.5, 0.6) is 0 Å². The molecule has 2 N–H and O–H groups in total. The van der Waals surface area contributed by atoms with E-state index in [4.69, 9.17) is 5.73 Å². The lowest BCUT2D eigenvalue weighted by Crippen LogP contribution is -2.28. The number of nitrogens with zero attached hydrogens (tertiary/aromatic N) is 1. The van der Waals surface area contributed by atoms with Crippen molar-refractivity contribution < 1.29 is 13.2 Å². The second-order valence-electron chi connectivity index (χ2n) is 4.52. The smallest absolute Gasteiger partial charge is 0.398 e. The molecule has 2 nitrogen and oxygen atoms in total. The molecule has 0 spiro atoms. The first-order valence-electron chi connectivity index (χ1n) is 5.97. The van der Waals surface area contributed by atoms with Gasteiger partial charge in [-0.25, -0.2) is 0 Å². The molecule has 0 bridgehead atoms. The normalized spacial score (nSPS) is 13.4. The van der Waals surface area contributed by atoms with E-state index in [1.54, 1.807) is 13.1 Å². The summed E-state index contributed by atoms with van der Waals surface area (Å²) in [5, 5.41) is 0. The summed E-state index contributed by atoms with van der Waals surface area (Å²) in [5.41, 5.74) is 4.91. The number of anilines is 2. The van der Waals surface area contributed by atoms with Crippen molar-refractivity contribution in [3.05, 3.63) is 23.8 Å². The number of nitrogen functional groups attached to an aromatic ring is 1. The molecule has 0 amide bonds. The van der Waals surface area contributed by atoms with E-state index in [2.05, 4.69) is 6.92 Å². The van der Waals surface area contributed by atoms with E-state index in [0.717, 1.165) is 18.9 Å². The fourth-order valence-electron chi connectivity index (χ4n) is 1.88. The standard InChI is InChI=1S/C13H19F3N2/c1-4-5-9(2)18(3)10-6-7-12(17)11(8-10)13(14,15)16/h6-9H,4-5,17H2,1-3H3. The lowest BCUT2D eigenvalue weighted by molar-refractivity contribution is -0.136. The number of rotatable bonds is 4. The van der Waals surface area contributed by atoms with Crippen LogP contribution in [0.25, 0.3) is 0 Å². The van der Waals surface area contributed by atoms with Crippen LogP contribution < -0.4 is 10.6 Å². The fourth-order valence-corrected chi connectivity index (χ4v) is 1.88. The van der Waals surface area contributed by atoms with E-state index in [9.17, 15) is 13.2 Å². The third-order valence-electron chi connectivity index (χ3n) is 3.12. The maximum absolute atomic E-state index is 12.7. The number of hydrogen-bond acceptors (Lipinski definition) is 2. The highest BCUT2D eigenvalue weighted by molar-refractivity contribution is 5.59. The van der Waals surface area contributed by atoms with Crippen LogP contribution in [0.15, 0.2) is 18.2 Å². The summed E-state index contributed by atoms with van der Waals surface area (Å²) in [6, 6.07) is 4.24. The lowest BCUT2D eigenvalue weighted by Gasteiger charge is -2.27. The van der Waals surface area contributed by atoms with Crippen LogP contribution in [-0.2, 0) is 6.18 Å². The summed E-state index contributed by atoms with van der Waals surface area (Å²) >= 11 is 0. The third kappa shape index (κ3) is 3.31. The average Bonchev–Trinajstić information content (AvgIpc) is 2.27. The van der Waals surface area contributed by atoms with Crippen molar-refractivity contribution in [2.75, 3.05) is 17.7 Å². The summed E-state index contributed by atoms with van der Waals surface area (Å²) in [5.74, 6) is 0. The zero-order chi connectivity index (χ0) is 13.9. The zero-order valence-corrected chi connectivity index (χ0v) is 10.9. The van der Waals surface area contributed by atoms with Crippen LogP contribution in [0.1, 0.15) is 32.3 Å². The van der Waals surface area contributed by atoms with Gasteiger partial charge in [-0.3, -0.25) is 0 Å². The van der Waals surface area contributed by atoms with Gasteiger partial charge in [-0.2, -0.15) is 13.2 Å². The van der Waals surface area contributed by atoms with Crippen LogP contribution in [-0.4, -0.2) is 13.1 Å². The van der Waals surface area contributed by atoms with E-state index in [1.165, 1.54) is 6.07 Å². The Morgan fingerprint density at radius 2 is 1.94 bits per heavy atom. The van der Waals surface area contributed by atoms with Gasteiger partial charge in [0.2, 0.25) is 0 Å². The average molecular weight is 260 g/mol. The molecule has 1 aromatic rings. The number of nitrogens with two attached hydrogens (primary N) is 1. The Labute approximate surface area is 106 Å². The molecule has 5 heteroatoms. The molecule has 0 aromatic heterocycles. The summed E-state index contributed by atoms with van der Waals surface area (Å²) in [4.78, 5) is 1.85. The summed E-state index contributed by atoms with van der Waals surface area (Å²) in [7, 11) is 1.80. The van der Waals surface area contributed by atoms with Gasteiger partial charge >= 0.3 is 6.18 Å². The van der Waals surface area contributed by atoms with Gasteiger partial charge < -0.3 is 10.6 Å². The molecule has 0 saturated carbocycles. The van der Waals surface area contributed by atoms with E-state index in [1.807, 2.05) is 11.8 Å². The Balaban J connectivity index is 3.05. The van der Waals surface area contributed by atoms with Crippen molar-refractivity contribution in [1.29, 1.82) is 0 Å². The van der Waals surface area contributed by atoms with Crippen molar-refractivity contribution in [3.63, 3.8) is 0 Å². The van der Waals surface area contributed by atoms with Gasteiger partial charge in [-0.1, -0.05) is 13.3 Å². The van der Waals surface area contributed by atoms with Crippen LogP contribution >= 0.6 is 0 Å². The van der Waals surface area contributed by atoms with Crippen LogP contribution in [0.2, 0.25) is 0 Å². The molecule has 18 heavy (non-hydrogen) atoms. The van der Waals surface area contributed by atoms with Gasteiger partial charge in [-0.05, 0) is 31.5 Å². The minimum absolute atomic E-state index is 0.194. The molecule has 0 saturated heterocycles. The minimum atomic E-state index is -4.41. The van der Waals surface area contributed by atoms with Crippen molar-refractivity contribution >= 4 is 11.4 Å². The maximum Gasteiger partial charge on any atom is 0.418 e. The first-order valence-corrected chi connectivity index (χ1v) is 5.97. The number of hydrogen-bond donors (Lipinski definition) is 1. The van der Waals surface area contributed by atoms with Crippen LogP contribution in [0, 0.1) is 0 Å². The van der Waals surface area contributed by atoms with Gasteiger partial charge in [0.25, 0.3) is 0 Å². The molecule has 0 heterocycles. The Kier molecular flexibility index (Phi) is 4.48. The van der Waals surface area contributed by atoms with Crippen molar-refractivity contribution in [1.82, 2.24) is 0 Å². The van der Waals surface area contributed by atoms with E-state index >= 15 is 0 Å². The first kappa shape index (κ1) is 14.7. The van der Waals surface area contributed by atoms with Crippen LogP contribution in [0.3, 0.4) is 0 Å². The highest BCUT2D eigenvalue weighted by Crippen LogP contribution is 2.36. The SMILES string of the molecule is CCCC(C)N(C)c1ccc(N)c(C(F)(F)F)c1. The highest BCUT2D eigenvalue weighted by atomic mass is 19.4. The van der Waals surface area contributed by atoms with E-state index < -0.39 is 11.7 Å². The van der Waals surface area contributed by atoms with Gasteiger partial charge in [0.05, 0.1) is 5.56 Å². The van der Waals surface area contributed by atoms with E-state index in [0.29, 0.717) is 5.69 Å². The molecule has 0 aliphatic rings. The molecular formula is C13H19F3N2. The van der Waals surface area contributed by atoms with Gasteiger partial charge in [-0.15, -0.1) is 0 Å². The molecule has 0 aliphatic carbocycles. The highest BCUT2D eigenvalue weighted by Gasteiger charge is 2.33. The van der Waals surface area contributed by atoms with Crippen molar-refractivity contribution in [3.8, 4) is 0 Å². The molecule has 0 fully saturated rings. The Morgan fingerprint density at radius 1 is 1.33 bits per heavy atom. The second-order valence-corrected chi connectivity index (χ2v) is 4.52. The zero-order valence-electron chi connectivity index (χ0n) is 10.9. The summed E-state index contributed by atoms with van der Waals surface area (Å²) in [6.45, 7) is 4.04. The van der Waals surface area contributed by atoms with E-state index in [-0.39, 0.29) is 11.7 Å². The number of benzene rings is 1. The molecule has 1 aromatic carbocycles. The number of alkyl halides is 3. The summed E-state index contributed by atoms with van der Waals surface area (Å²) in [6.07, 6.45) is -2.48. The predicted octanol–water partition coefficient (Wildman–Crippen LogP) is 3.91. The topological polar surface area (TPSA) is 29.3 Å². The molecular weight excluding hydrogens is 241 g/mol. The lowest BCUT2D eigenvalue weighted by atomic mass is 10.1. The fraction of sp³-hybridized carbons (Fsp3) is 0.538. The third-order valence-corrected chi connectivity index (χ3v) is 3.12. The van der Waals surface area contributed by atoms with Gasteiger partial charge in [0.1, 0.15) is 0 Å². The largest absolute Gasteiger partial charge is 0.418 e. The van der Waals surface area contributed by atoms with Gasteiger partial charge in [0, 0.05) is 24.5 Å². The molecule has 1 rings (SSSR count). The Morgan fingerprint density at radius 3 is 2.44 bits per heavy atom. The van der Waals surface area contributed by atoms with Gasteiger partial charge in [0.15, 0.2) is 0 Å². The number of halogens is 3. The Bertz CT molecular complexity index is 402. The van der Waals surface area contributed by atoms with Crippen molar-refractivity contribution in [2.24, 2.45) is 0 Å². The first-order chi connectivity index (χ1) is 8.27. The predicted molar refractivity (Wildman–Crippen MR) is 68.6 cm³/mol. The van der Waals surface area contributed by atoms with Crippen LogP contribution in [0.4, 0.5) is 24.5 Å². The Hall–Kier alpha value is -1.39.